The summed E-state index contributed by atoms with van der Waals surface area (Å²) in [7, 11) is -4.12. The Labute approximate surface area is 256 Å². The Balaban J connectivity index is 1.69. The Morgan fingerprint density at radius 3 is 2.16 bits per heavy atom. The summed E-state index contributed by atoms with van der Waals surface area (Å²) < 4.78 is 34.6. The zero-order valence-electron chi connectivity index (χ0n) is 25.4. The molecular weight excluding hydrogens is 562 g/mol. The summed E-state index contributed by atoms with van der Waals surface area (Å²) in [4.78, 5) is 29.5. The number of amides is 2. The smallest absolute Gasteiger partial charge is 0.264 e. The first kappa shape index (κ1) is 32.1. The van der Waals surface area contributed by atoms with E-state index in [-0.39, 0.29) is 23.4 Å². The highest BCUT2D eigenvalue weighted by atomic mass is 32.2. The molecule has 43 heavy (non-hydrogen) atoms. The average molecular weight is 606 g/mol. The van der Waals surface area contributed by atoms with Gasteiger partial charge in [-0.15, -0.1) is 0 Å². The van der Waals surface area contributed by atoms with Gasteiger partial charge in [-0.2, -0.15) is 0 Å². The molecule has 1 aliphatic rings. The van der Waals surface area contributed by atoms with Crippen molar-refractivity contribution in [3.05, 3.63) is 90.0 Å². The van der Waals surface area contributed by atoms with Gasteiger partial charge < -0.3 is 15.0 Å². The minimum absolute atomic E-state index is 0.0730. The molecule has 0 radical (unpaired) electrons. The Morgan fingerprint density at radius 1 is 0.907 bits per heavy atom. The van der Waals surface area contributed by atoms with Crippen LogP contribution in [0.3, 0.4) is 0 Å². The molecule has 3 aromatic rings. The first-order valence-corrected chi connectivity index (χ1v) is 16.6. The molecule has 0 heterocycles. The van der Waals surface area contributed by atoms with E-state index in [0.29, 0.717) is 24.5 Å². The molecule has 1 atom stereocenters. The van der Waals surface area contributed by atoms with E-state index in [2.05, 4.69) is 5.32 Å². The molecule has 4 rings (SSSR count). The van der Waals surface area contributed by atoms with Crippen molar-refractivity contribution in [3.8, 4) is 5.75 Å². The quantitative estimate of drug-likeness (QED) is 0.264. The van der Waals surface area contributed by atoms with Gasteiger partial charge in [0.25, 0.3) is 10.0 Å². The lowest BCUT2D eigenvalue weighted by Crippen LogP contribution is -2.54. The van der Waals surface area contributed by atoms with Crippen LogP contribution in [0, 0.1) is 6.92 Å². The number of hydrogen-bond donors (Lipinski definition) is 1. The molecule has 0 saturated heterocycles. The van der Waals surface area contributed by atoms with E-state index < -0.39 is 28.5 Å². The minimum atomic E-state index is -4.12. The maximum Gasteiger partial charge on any atom is 0.264 e. The summed E-state index contributed by atoms with van der Waals surface area (Å²) in [5, 5.41) is 3.18. The highest BCUT2D eigenvalue weighted by Gasteiger charge is 2.34. The molecule has 3 aromatic carbocycles. The lowest BCUT2D eigenvalue weighted by molar-refractivity contribution is -0.140. The van der Waals surface area contributed by atoms with Gasteiger partial charge in [0.15, 0.2) is 0 Å². The summed E-state index contributed by atoms with van der Waals surface area (Å²) in [6, 6.07) is 21.9. The number of sulfonamides is 1. The molecule has 0 bridgehead atoms. The third-order valence-electron chi connectivity index (χ3n) is 7.86. The van der Waals surface area contributed by atoms with Crippen LogP contribution >= 0.6 is 0 Å². The Kier molecular flexibility index (Phi) is 11.2. The number of carbonyl (C=O) groups excluding carboxylic acids is 2. The summed E-state index contributed by atoms with van der Waals surface area (Å²) in [6.45, 7) is 5.92. The summed E-state index contributed by atoms with van der Waals surface area (Å²) in [5.74, 6) is -0.0610. The second-order valence-electron chi connectivity index (χ2n) is 11.0. The van der Waals surface area contributed by atoms with E-state index in [1.54, 1.807) is 42.5 Å². The molecule has 0 spiro atoms. The molecule has 0 aromatic heterocycles. The van der Waals surface area contributed by atoms with E-state index >= 15 is 0 Å². The highest BCUT2D eigenvalue weighted by Crippen LogP contribution is 2.27. The van der Waals surface area contributed by atoms with Gasteiger partial charge in [-0.3, -0.25) is 13.9 Å². The fourth-order valence-electron chi connectivity index (χ4n) is 5.48. The summed E-state index contributed by atoms with van der Waals surface area (Å²) in [5.41, 5.74) is 2.27. The zero-order chi connectivity index (χ0) is 30.8. The standard InChI is InChI=1S/C34H43N3O5S/c1-4-32(34(39)35-28-12-8-6-9-13-28)36(24-27-18-16-26(3)17-19-27)33(38)25-37(29-20-22-30(23-21-29)42-5-2)43(40,41)31-14-10-7-11-15-31/h7,10-11,14-23,28,32H,4-6,8-9,12-13,24-25H2,1-3H3,(H,35,39). The number of hydrogen-bond acceptors (Lipinski definition) is 5. The fraction of sp³-hybridized carbons (Fsp3) is 0.412. The van der Waals surface area contributed by atoms with Crippen LogP contribution in [0.1, 0.15) is 63.5 Å². The Hall–Kier alpha value is -3.85. The number of aryl methyl sites for hydroxylation is 1. The topological polar surface area (TPSA) is 96.0 Å². The van der Waals surface area contributed by atoms with E-state index in [9.17, 15) is 18.0 Å². The van der Waals surface area contributed by atoms with Crippen LogP contribution in [0.4, 0.5) is 5.69 Å². The predicted octanol–water partition coefficient (Wildman–Crippen LogP) is 5.85. The predicted molar refractivity (Wildman–Crippen MR) is 169 cm³/mol. The third kappa shape index (κ3) is 8.38. The van der Waals surface area contributed by atoms with Gasteiger partial charge in [0.05, 0.1) is 17.2 Å². The van der Waals surface area contributed by atoms with E-state index in [4.69, 9.17) is 4.74 Å². The van der Waals surface area contributed by atoms with Crippen molar-refractivity contribution in [3.63, 3.8) is 0 Å². The molecule has 1 unspecified atom stereocenters. The molecule has 1 fully saturated rings. The number of nitrogens with zero attached hydrogens (tertiary/aromatic N) is 2. The minimum Gasteiger partial charge on any atom is -0.494 e. The zero-order valence-corrected chi connectivity index (χ0v) is 26.2. The number of carbonyl (C=O) groups is 2. The number of ether oxygens (including phenoxy) is 1. The number of rotatable bonds is 13. The van der Waals surface area contributed by atoms with Gasteiger partial charge in [-0.25, -0.2) is 8.42 Å². The first-order chi connectivity index (χ1) is 20.7. The van der Waals surface area contributed by atoms with Gasteiger partial charge in [0.1, 0.15) is 18.3 Å². The Bertz CT molecular complexity index is 1440. The second-order valence-corrected chi connectivity index (χ2v) is 12.9. The van der Waals surface area contributed by atoms with Crippen LogP contribution in [0.25, 0.3) is 0 Å². The molecular formula is C34H43N3O5S. The van der Waals surface area contributed by atoms with Gasteiger partial charge in [0, 0.05) is 12.6 Å². The average Bonchev–Trinajstić information content (AvgIpc) is 3.02. The molecule has 1 saturated carbocycles. The lowest BCUT2D eigenvalue weighted by atomic mass is 9.95. The molecule has 230 valence electrons. The van der Waals surface area contributed by atoms with Crippen molar-refractivity contribution in [1.82, 2.24) is 10.2 Å². The van der Waals surface area contributed by atoms with Gasteiger partial charge in [0.2, 0.25) is 11.8 Å². The monoisotopic (exact) mass is 605 g/mol. The van der Waals surface area contributed by atoms with Crippen molar-refractivity contribution in [1.29, 1.82) is 0 Å². The van der Waals surface area contributed by atoms with Gasteiger partial charge in [-0.05, 0) is 75.1 Å². The number of benzene rings is 3. The maximum atomic E-state index is 14.3. The van der Waals surface area contributed by atoms with Crippen LogP contribution in [0.5, 0.6) is 5.75 Å². The van der Waals surface area contributed by atoms with E-state index in [1.165, 1.54) is 23.5 Å². The van der Waals surface area contributed by atoms with Crippen LogP contribution in [0.2, 0.25) is 0 Å². The van der Waals surface area contributed by atoms with Crippen molar-refractivity contribution in [2.24, 2.45) is 0 Å². The van der Waals surface area contributed by atoms with E-state index in [0.717, 1.165) is 41.1 Å². The van der Waals surface area contributed by atoms with Crippen LogP contribution in [-0.2, 0) is 26.2 Å². The van der Waals surface area contributed by atoms with Gasteiger partial charge in [-0.1, -0.05) is 74.2 Å². The maximum absolute atomic E-state index is 14.3. The molecule has 9 heteroatoms. The largest absolute Gasteiger partial charge is 0.494 e. The normalized spacial score (nSPS) is 14.5. The molecule has 0 aliphatic heterocycles. The summed E-state index contributed by atoms with van der Waals surface area (Å²) in [6.07, 6.45) is 5.55. The fourth-order valence-corrected chi connectivity index (χ4v) is 6.91. The SMILES string of the molecule is CCOc1ccc(N(CC(=O)N(Cc2ccc(C)cc2)C(CC)C(=O)NC2CCCCC2)S(=O)(=O)c2ccccc2)cc1. The highest BCUT2D eigenvalue weighted by molar-refractivity contribution is 7.92. The second kappa shape index (κ2) is 15.0. The van der Waals surface area contributed by atoms with Crippen LogP contribution in [0.15, 0.2) is 83.8 Å². The number of nitrogens with one attached hydrogen (secondary N) is 1. The number of anilines is 1. The van der Waals surface area contributed by atoms with Crippen LogP contribution < -0.4 is 14.4 Å². The van der Waals surface area contributed by atoms with E-state index in [1.807, 2.05) is 45.0 Å². The van der Waals surface area contributed by atoms with Crippen molar-refractivity contribution in [2.75, 3.05) is 17.5 Å². The van der Waals surface area contributed by atoms with Crippen molar-refractivity contribution >= 4 is 27.5 Å². The molecule has 1 N–H and O–H groups in total. The van der Waals surface area contributed by atoms with Crippen molar-refractivity contribution in [2.45, 2.75) is 82.8 Å². The first-order valence-electron chi connectivity index (χ1n) is 15.2. The lowest BCUT2D eigenvalue weighted by Gasteiger charge is -2.34. The Morgan fingerprint density at radius 2 is 1.56 bits per heavy atom. The summed E-state index contributed by atoms with van der Waals surface area (Å²) >= 11 is 0. The third-order valence-corrected chi connectivity index (χ3v) is 9.64. The van der Waals surface area contributed by atoms with Gasteiger partial charge >= 0.3 is 0 Å². The van der Waals surface area contributed by atoms with Crippen molar-refractivity contribution < 1.29 is 22.7 Å². The molecule has 2 amide bonds. The molecule has 8 nitrogen and oxygen atoms in total. The van der Waals surface area contributed by atoms with Crippen LogP contribution in [-0.4, -0.2) is 50.4 Å². The molecule has 1 aliphatic carbocycles.